The second-order valence-corrected chi connectivity index (χ2v) is 13.0. The third-order valence-electron chi connectivity index (χ3n) is 9.19. The number of fused-ring (bicyclic) bond motifs is 5. The first-order valence-electron chi connectivity index (χ1n) is 16.5. The lowest BCUT2D eigenvalue weighted by Gasteiger charge is -2.43. The Morgan fingerprint density at radius 2 is 1.37 bits per heavy atom. The smallest absolute Gasteiger partial charge is 0.331 e. The van der Waals surface area contributed by atoms with Crippen molar-refractivity contribution in [2.75, 3.05) is 7.11 Å². The van der Waals surface area contributed by atoms with E-state index >= 15 is 0 Å². The number of carbonyl (C=O) groups excluding carboxylic acids is 2. The van der Waals surface area contributed by atoms with Gasteiger partial charge in [-0.15, -0.1) is 0 Å². The molecule has 8 nitrogen and oxygen atoms in total. The van der Waals surface area contributed by atoms with E-state index in [2.05, 4.69) is 0 Å². The van der Waals surface area contributed by atoms with Crippen LogP contribution < -0.4 is 14.9 Å². The molecule has 0 amide bonds. The van der Waals surface area contributed by atoms with Crippen molar-refractivity contribution in [3.05, 3.63) is 142 Å². The van der Waals surface area contributed by atoms with Gasteiger partial charge >= 0.3 is 11.9 Å². The number of aromatic nitrogens is 1. The molecule has 10 heteroatoms. The lowest BCUT2D eigenvalue weighted by molar-refractivity contribution is -0.184. The number of carbonyl (C=O) groups is 2. The van der Waals surface area contributed by atoms with Crippen molar-refractivity contribution in [2.24, 2.45) is 7.05 Å². The minimum atomic E-state index is -1.29. The molecule has 6 aromatic rings. The Hall–Kier alpha value is -6.29. The van der Waals surface area contributed by atoms with Gasteiger partial charge < -0.3 is 23.5 Å². The highest BCUT2D eigenvalue weighted by molar-refractivity contribution is 6.04. The number of pyridine rings is 1. The third kappa shape index (κ3) is 6.39. The lowest BCUT2D eigenvalue weighted by atomic mass is 9.86. The van der Waals surface area contributed by atoms with Crippen LogP contribution in [0.25, 0.3) is 44.7 Å². The zero-order chi connectivity index (χ0) is 36.7. The van der Waals surface area contributed by atoms with E-state index in [1.165, 1.54) is 79.9 Å². The molecule has 1 aliphatic rings. The summed E-state index contributed by atoms with van der Waals surface area (Å²) in [5.74, 6) is -1.90. The molecular weight excluding hydrogens is 668 g/mol. The summed E-state index contributed by atoms with van der Waals surface area (Å²) in [7, 11) is 3.24. The van der Waals surface area contributed by atoms with Crippen molar-refractivity contribution in [1.82, 2.24) is 4.57 Å². The molecule has 0 radical (unpaired) electrons. The Bertz CT molecular complexity index is 2500. The maximum absolute atomic E-state index is 14.4. The van der Waals surface area contributed by atoms with Crippen LogP contribution in [-0.2, 0) is 26.1 Å². The van der Waals surface area contributed by atoms with Gasteiger partial charge in [0, 0.05) is 30.7 Å². The van der Waals surface area contributed by atoms with Crippen LogP contribution in [0.4, 0.5) is 8.78 Å². The molecule has 1 aliphatic heterocycles. The number of rotatable bonds is 7. The lowest BCUT2D eigenvalue weighted by Crippen LogP contribution is -2.52. The second kappa shape index (κ2) is 13.4. The predicted octanol–water partition coefficient (Wildman–Crippen LogP) is 8.23. The van der Waals surface area contributed by atoms with Crippen molar-refractivity contribution < 1.29 is 37.3 Å². The summed E-state index contributed by atoms with van der Waals surface area (Å²) in [5, 5.41) is 2.47. The summed E-state index contributed by atoms with van der Waals surface area (Å²) in [4.78, 5) is 41.4. The predicted molar refractivity (Wildman–Crippen MR) is 195 cm³/mol. The van der Waals surface area contributed by atoms with Crippen LogP contribution in [0.15, 0.2) is 108 Å². The van der Waals surface area contributed by atoms with E-state index in [-0.39, 0.29) is 22.3 Å². The van der Waals surface area contributed by atoms with Gasteiger partial charge in [0.1, 0.15) is 28.7 Å². The highest BCUT2D eigenvalue weighted by Gasteiger charge is 2.50. The van der Waals surface area contributed by atoms with E-state index in [4.69, 9.17) is 18.9 Å². The van der Waals surface area contributed by atoms with Crippen LogP contribution in [0.5, 0.6) is 11.5 Å². The average Bonchev–Trinajstić information content (AvgIpc) is 3.13. The van der Waals surface area contributed by atoms with Gasteiger partial charge in [0.25, 0.3) is 0 Å². The van der Waals surface area contributed by atoms with Crippen molar-refractivity contribution in [3.63, 3.8) is 0 Å². The molecule has 2 heterocycles. The highest BCUT2D eigenvalue weighted by Crippen LogP contribution is 2.49. The normalized spacial score (nSPS) is 16.7. The number of benzene rings is 5. The Balaban J connectivity index is 1.41. The number of methoxy groups -OCH3 is 1. The summed E-state index contributed by atoms with van der Waals surface area (Å²) in [6.45, 7) is 3.38. The SMILES string of the molecule is COc1cc2c(c3c1c(=O)c1cc4ccccc4cc1n3C)C(OC(=O)/C=C/c1ccc(F)cc1)C(OC(=O)/C=C/c1ccc(F)cc1)C(C)(C)O2. The van der Waals surface area contributed by atoms with Crippen molar-refractivity contribution in [1.29, 1.82) is 0 Å². The maximum atomic E-state index is 14.4. The number of ether oxygens (including phenoxy) is 4. The summed E-state index contributed by atoms with van der Waals surface area (Å²) in [6, 6.07) is 24.1. The molecule has 1 aromatic heterocycles. The Labute approximate surface area is 297 Å². The molecule has 0 bridgehead atoms. The van der Waals surface area contributed by atoms with Crippen LogP contribution in [0, 0.1) is 11.6 Å². The molecule has 0 aliphatic carbocycles. The van der Waals surface area contributed by atoms with Gasteiger partial charge in [0.05, 0.1) is 29.1 Å². The number of hydrogen-bond acceptors (Lipinski definition) is 7. The summed E-state index contributed by atoms with van der Waals surface area (Å²) in [6.07, 6.45) is 2.80. The highest BCUT2D eigenvalue weighted by atomic mass is 19.1. The molecule has 2 unspecified atom stereocenters. The Kier molecular flexibility index (Phi) is 8.84. The molecule has 0 spiro atoms. The van der Waals surface area contributed by atoms with Gasteiger partial charge in [-0.05, 0) is 84.3 Å². The quantitative estimate of drug-likeness (QED) is 0.0941. The van der Waals surface area contributed by atoms with E-state index in [1.54, 1.807) is 27.0 Å². The first-order chi connectivity index (χ1) is 24.9. The summed E-state index contributed by atoms with van der Waals surface area (Å²) >= 11 is 0. The molecule has 5 aromatic carbocycles. The molecule has 0 fully saturated rings. The fourth-order valence-electron chi connectivity index (χ4n) is 6.66. The number of esters is 2. The van der Waals surface area contributed by atoms with Crippen molar-refractivity contribution in [2.45, 2.75) is 31.7 Å². The summed E-state index contributed by atoms with van der Waals surface area (Å²) < 4.78 is 53.3. The molecule has 262 valence electrons. The van der Waals surface area contributed by atoms with E-state index in [0.717, 1.165) is 10.8 Å². The Morgan fingerprint density at radius 3 is 1.94 bits per heavy atom. The fraction of sp³-hybridized carbons (Fsp3) is 0.167. The van der Waals surface area contributed by atoms with Crippen molar-refractivity contribution in [3.8, 4) is 11.5 Å². The molecule has 7 rings (SSSR count). The summed E-state index contributed by atoms with van der Waals surface area (Å²) in [5.41, 5.74) is 0.793. The molecule has 0 saturated carbocycles. The zero-order valence-electron chi connectivity index (χ0n) is 28.7. The van der Waals surface area contributed by atoms with Crippen molar-refractivity contribution >= 4 is 56.7 Å². The largest absolute Gasteiger partial charge is 0.496 e. The van der Waals surface area contributed by atoms with Gasteiger partial charge in [0.2, 0.25) is 5.43 Å². The first-order valence-corrected chi connectivity index (χ1v) is 16.5. The second-order valence-electron chi connectivity index (χ2n) is 13.0. The van der Waals surface area contributed by atoms with E-state index < -0.39 is 41.4 Å². The van der Waals surface area contributed by atoms with E-state index in [0.29, 0.717) is 33.1 Å². The van der Waals surface area contributed by atoms with Gasteiger partial charge in [-0.25, -0.2) is 18.4 Å². The molecule has 0 saturated heterocycles. The minimum Gasteiger partial charge on any atom is -0.496 e. The van der Waals surface area contributed by atoms with Crippen LogP contribution in [0.3, 0.4) is 0 Å². The first kappa shape index (κ1) is 34.2. The van der Waals surface area contributed by atoms with Gasteiger partial charge in [-0.2, -0.15) is 0 Å². The number of halogens is 2. The van der Waals surface area contributed by atoms with Crippen LogP contribution in [-0.4, -0.2) is 35.3 Å². The van der Waals surface area contributed by atoms with Gasteiger partial charge in [-0.1, -0.05) is 48.5 Å². The van der Waals surface area contributed by atoms with E-state index in [1.807, 2.05) is 41.0 Å². The monoisotopic (exact) mass is 701 g/mol. The molecule has 52 heavy (non-hydrogen) atoms. The molecule has 0 N–H and O–H groups in total. The zero-order valence-corrected chi connectivity index (χ0v) is 28.7. The Morgan fingerprint density at radius 1 is 0.808 bits per heavy atom. The average molecular weight is 702 g/mol. The van der Waals surface area contributed by atoms with E-state index in [9.17, 15) is 23.2 Å². The molecule has 2 atom stereocenters. The third-order valence-corrected chi connectivity index (χ3v) is 9.19. The van der Waals surface area contributed by atoms with Crippen LogP contribution >= 0.6 is 0 Å². The minimum absolute atomic E-state index is 0.221. The number of aryl methyl sites for hydroxylation is 1. The van der Waals surface area contributed by atoms with Crippen LogP contribution in [0.2, 0.25) is 0 Å². The maximum Gasteiger partial charge on any atom is 0.331 e. The standard InChI is InChI=1S/C42H33F2NO7/c1-42(2)41(51-35(47)20-14-25-11-17-29(44)18-12-25)40(50-34(46)19-13-24-9-15-28(43)16-10-24)37-33(52-42)23-32(49-4)36-38(37)45(3)31-22-27-8-6-5-7-26(27)21-30(31)39(36)48/h5-23,40-41H,1-4H3/b19-13+,20-14+. The topological polar surface area (TPSA) is 93.1 Å². The number of nitrogens with zero attached hydrogens (tertiary/aromatic N) is 1. The fourth-order valence-corrected chi connectivity index (χ4v) is 6.66. The van der Waals surface area contributed by atoms with Gasteiger partial charge in [0.15, 0.2) is 12.2 Å². The van der Waals surface area contributed by atoms with Crippen LogP contribution in [0.1, 0.15) is 36.6 Å². The number of hydrogen-bond donors (Lipinski definition) is 0. The molecular formula is C42H33F2NO7. The van der Waals surface area contributed by atoms with Gasteiger partial charge in [-0.3, -0.25) is 4.79 Å².